The molecule has 0 aliphatic carbocycles. The van der Waals surface area contributed by atoms with Crippen LogP contribution in [0.2, 0.25) is 10.0 Å². The van der Waals surface area contributed by atoms with Gasteiger partial charge in [0.15, 0.2) is 5.16 Å². The maximum Gasteiger partial charge on any atom is 0.534 e. The van der Waals surface area contributed by atoms with E-state index in [1.54, 1.807) is 0 Å². The third-order valence-electron chi connectivity index (χ3n) is 3.06. The van der Waals surface area contributed by atoms with E-state index in [0.717, 1.165) is 23.3 Å². The van der Waals surface area contributed by atoms with E-state index < -0.39 is 32.6 Å². The Hall–Kier alpha value is -1.43. The highest BCUT2D eigenvalue weighted by atomic mass is 35.5. The van der Waals surface area contributed by atoms with E-state index in [1.165, 1.54) is 24.5 Å². The van der Waals surface area contributed by atoms with Gasteiger partial charge in [0.05, 0.1) is 21.3 Å². The summed E-state index contributed by atoms with van der Waals surface area (Å²) in [6, 6.07) is 4.43. The van der Waals surface area contributed by atoms with Gasteiger partial charge in [-0.2, -0.15) is 26.6 Å². The Morgan fingerprint density at radius 2 is 1.88 bits per heavy atom. The SMILES string of the molecule is CSc1nc(OS(=O)(=O)C(F)(F)F)c(C)c(=O)n1-c1cccc(Cl)c1Cl. The van der Waals surface area contributed by atoms with Gasteiger partial charge >= 0.3 is 15.6 Å². The molecule has 0 atom stereocenters. The molecule has 0 aliphatic heterocycles. The molecule has 0 saturated carbocycles. The summed E-state index contributed by atoms with van der Waals surface area (Å²) in [5.41, 5.74) is -6.84. The van der Waals surface area contributed by atoms with E-state index in [4.69, 9.17) is 23.2 Å². The molecule has 0 aliphatic rings. The van der Waals surface area contributed by atoms with Crippen LogP contribution in [0.4, 0.5) is 13.2 Å². The summed E-state index contributed by atoms with van der Waals surface area (Å²) in [5, 5.41) is 0.0160. The predicted octanol–water partition coefficient (Wildman–Crippen LogP) is 3.80. The lowest BCUT2D eigenvalue weighted by Crippen LogP contribution is -2.31. The number of alkyl halides is 3. The van der Waals surface area contributed by atoms with Crippen molar-refractivity contribution >= 4 is 45.1 Å². The minimum Gasteiger partial charge on any atom is -0.355 e. The average molecular weight is 449 g/mol. The molecule has 142 valence electrons. The quantitative estimate of drug-likeness (QED) is 0.306. The van der Waals surface area contributed by atoms with Crippen LogP contribution < -0.4 is 9.74 Å². The molecule has 0 fully saturated rings. The predicted molar refractivity (Wildman–Crippen MR) is 92.0 cm³/mol. The Morgan fingerprint density at radius 3 is 2.42 bits per heavy atom. The minimum atomic E-state index is -5.97. The summed E-state index contributed by atoms with van der Waals surface area (Å²) in [7, 11) is -5.97. The number of hydrogen-bond acceptors (Lipinski definition) is 6. The summed E-state index contributed by atoms with van der Waals surface area (Å²) in [6.45, 7) is 1.08. The Morgan fingerprint density at radius 1 is 1.27 bits per heavy atom. The fourth-order valence-corrected chi connectivity index (χ4v) is 3.20. The molecule has 0 unspecified atom stereocenters. The van der Waals surface area contributed by atoms with Crippen LogP contribution in [0.15, 0.2) is 28.2 Å². The molecular formula is C13H9Cl2F3N2O4S2. The highest BCUT2D eigenvalue weighted by Gasteiger charge is 2.49. The molecule has 0 amide bonds. The molecule has 0 spiro atoms. The van der Waals surface area contributed by atoms with Gasteiger partial charge in [-0.3, -0.25) is 9.36 Å². The van der Waals surface area contributed by atoms with Crippen LogP contribution in [0.3, 0.4) is 0 Å². The monoisotopic (exact) mass is 448 g/mol. The zero-order chi connectivity index (χ0) is 19.9. The van der Waals surface area contributed by atoms with E-state index in [-0.39, 0.29) is 20.9 Å². The van der Waals surface area contributed by atoms with Crippen molar-refractivity contribution in [3.8, 4) is 11.6 Å². The molecule has 13 heteroatoms. The molecule has 1 aromatic heterocycles. The van der Waals surface area contributed by atoms with Gasteiger partial charge in [-0.05, 0) is 25.3 Å². The lowest BCUT2D eigenvalue weighted by Gasteiger charge is -2.16. The maximum atomic E-state index is 12.6. The number of nitrogens with zero attached hydrogens (tertiary/aromatic N) is 2. The first-order chi connectivity index (χ1) is 11.9. The molecule has 1 aromatic carbocycles. The zero-order valence-electron chi connectivity index (χ0n) is 13.0. The lowest BCUT2D eigenvalue weighted by atomic mass is 10.3. The van der Waals surface area contributed by atoms with Crippen LogP contribution in [0, 0.1) is 6.92 Å². The summed E-state index contributed by atoms with van der Waals surface area (Å²) in [6.07, 6.45) is 1.48. The van der Waals surface area contributed by atoms with Crippen LogP contribution in [-0.2, 0) is 10.1 Å². The molecule has 0 saturated heterocycles. The standard InChI is InChI=1S/C13H9Cl2F3N2O4S2/c1-6-10(24-26(22,23)13(16,17)18)19-12(25-2)20(11(6)21)8-5-3-4-7(14)9(8)15/h3-5H,1-2H3. The van der Waals surface area contributed by atoms with Crippen molar-refractivity contribution in [2.24, 2.45) is 0 Å². The van der Waals surface area contributed by atoms with Gasteiger partial charge in [0.1, 0.15) is 0 Å². The largest absolute Gasteiger partial charge is 0.534 e. The van der Waals surface area contributed by atoms with E-state index >= 15 is 0 Å². The lowest BCUT2D eigenvalue weighted by molar-refractivity contribution is -0.0501. The highest BCUT2D eigenvalue weighted by molar-refractivity contribution is 7.98. The molecule has 0 bridgehead atoms. The van der Waals surface area contributed by atoms with Gasteiger partial charge in [-0.1, -0.05) is 41.0 Å². The minimum absolute atomic E-state index is 0.0179. The number of aromatic nitrogens is 2. The van der Waals surface area contributed by atoms with Gasteiger partial charge in [0.25, 0.3) is 5.56 Å². The van der Waals surface area contributed by atoms with Gasteiger partial charge in [-0.15, -0.1) is 0 Å². The molecule has 2 rings (SSSR count). The fourth-order valence-electron chi connectivity index (χ4n) is 1.81. The third kappa shape index (κ3) is 3.80. The normalized spacial score (nSPS) is 12.3. The molecule has 2 aromatic rings. The summed E-state index contributed by atoms with van der Waals surface area (Å²) >= 11 is 12.9. The van der Waals surface area contributed by atoms with Crippen molar-refractivity contribution in [1.29, 1.82) is 0 Å². The first-order valence-electron chi connectivity index (χ1n) is 6.53. The van der Waals surface area contributed by atoms with E-state index in [1.807, 2.05) is 0 Å². The highest BCUT2D eigenvalue weighted by Crippen LogP contribution is 2.32. The van der Waals surface area contributed by atoms with Crippen molar-refractivity contribution in [3.05, 3.63) is 44.2 Å². The van der Waals surface area contributed by atoms with Gasteiger partial charge in [0.2, 0.25) is 5.88 Å². The van der Waals surface area contributed by atoms with E-state index in [0.29, 0.717) is 0 Å². The Kier molecular flexibility index (Phi) is 5.86. The Labute approximate surface area is 160 Å². The van der Waals surface area contributed by atoms with Crippen molar-refractivity contribution in [2.45, 2.75) is 17.6 Å². The number of hydrogen-bond donors (Lipinski definition) is 0. The topological polar surface area (TPSA) is 78.3 Å². The van der Waals surface area contributed by atoms with Gasteiger partial charge < -0.3 is 4.18 Å². The molecule has 0 N–H and O–H groups in total. The Balaban J connectivity index is 2.72. The molecule has 0 radical (unpaired) electrons. The van der Waals surface area contributed by atoms with E-state index in [2.05, 4.69) is 9.17 Å². The van der Waals surface area contributed by atoms with Crippen molar-refractivity contribution in [1.82, 2.24) is 9.55 Å². The summed E-state index contributed by atoms with van der Waals surface area (Å²) in [5.74, 6) is -0.967. The second kappa shape index (κ2) is 7.29. The maximum absolute atomic E-state index is 12.6. The molecule has 26 heavy (non-hydrogen) atoms. The van der Waals surface area contributed by atoms with Crippen molar-refractivity contribution in [3.63, 3.8) is 0 Å². The number of benzene rings is 1. The Bertz CT molecular complexity index is 1020. The second-order valence-corrected chi connectivity index (χ2v) is 7.82. The smallest absolute Gasteiger partial charge is 0.355 e. The number of thioether (sulfide) groups is 1. The van der Waals surface area contributed by atoms with Crippen LogP contribution in [-0.4, -0.2) is 29.7 Å². The summed E-state index contributed by atoms with van der Waals surface area (Å²) < 4.78 is 65.0. The van der Waals surface area contributed by atoms with Gasteiger partial charge in [0, 0.05) is 0 Å². The van der Waals surface area contributed by atoms with Crippen LogP contribution in [0.5, 0.6) is 5.88 Å². The van der Waals surface area contributed by atoms with Crippen LogP contribution >= 0.6 is 35.0 Å². The fraction of sp³-hybridized carbons (Fsp3) is 0.231. The van der Waals surface area contributed by atoms with Crippen LogP contribution in [0.1, 0.15) is 5.56 Å². The van der Waals surface area contributed by atoms with Crippen molar-refractivity contribution in [2.75, 3.05) is 6.26 Å². The third-order valence-corrected chi connectivity index (χ3v) is 5.45. The van der Waals surface area contributed by atoms with Crippen LogP contribution in [0.25, 0.3) is 5.69 Å². The molecular weight excluding hydrogens is 440 g/mol. The molecule has 1 heterocycles. The first-order valence-corrected chi connectivity index (χ1v) is 9.92. The zero-order valence-corrected chi connectivity index (χ0v) is 16.1. The average Bonchev–Trinajstić information content (AvgIpc) is 2.53. The number of rotatable bonds is 4. The second-order valence-electron chi connectivity index (χ2n) is 4.73. The van der Waals surface area contributed by atoms with Gasteiger partial charge in [-0.25, -0.2) is 0 Å². The first kappa shape index (κ1) is 20.9. The molecule has 6 nitrogen and oxygen atoms in total. The summed E-state index contributed by atoms with van der Waals surface area (Å²) in [4.78, 5) is 16.3. The van der Waals surface area contributed by atoms with Crippen molar-refractivity contribution < 1.29 is 25.8 Å². The number of halogens is 5. The van der Waals surface area contributed by atoms with E-state index in [9.17, 15) is 26.4 Å².